The Balaban J connectivity index is 2.06. The van der Waals surface area contributed by atoms with Gasteiger partial charge in [0.15, 0.2) is 0 Å². The van der Waals surface area contributed by atoms with Crippen molar-refractivity contribution in [2.45, 2.75) is 25.9 Å². The molecular weight excluding hydrogens is 333 g/mol. The first-order valence-corrected chi connectivity index (χ1v) is 8.52. The van der Waals surface area contributed by atoms with Gasteiger partial charge >= 0.3 is 6.03 Å². The molecule has 1 aliphatic rings. The molecule has 0 unspecified atom stereocenters. The van der Waals surface area contributed by atoms with E-state index in [2.05, 4.69) is 5.32 Å². The Hall–Kier alpha value is -1.37. The molecule has 1 saturated heterocycles. The first-order chi connectivity index (χ1) is 11.4. The fourth-order valence-corrected chi connectivity index (χ4v) is 2.78. The fourth-order valence-electron chi connectivity index (χ4n) is 2.58. The summed E-state index contributed by atoms with van der Waals surface area (Å²) in [4.78, 5) is 16.4. The Labute approximate surface area is 147 Å². The monoisotopic (exact) mass is 357 g/mol. The molecule has 1 aromatic rings. The summed E-state index contributed by atoms with van der Waals surface area (Å²) in [5, 5.41) is 2.98. The summed E-state index contributed by atoms with van der Waals surface area (Å²) in [5.74, 6) is -0.387. The third kappa shape index (κ3) is 5.33. The summed E-state index contributed by atoms with van der Waals surface area (Å²) in [7, 11) is 3.92. The van der Waals surface area contributed by atoms with Gasteiger partial charge in [0.2, 0.25) is 0 Å². The SMILES string of the molecule is Cc1cc(NC(=O)N(CCN(C)C)C[C@@H]2CCCO2)c(Cl)cc1F. The summed E-state index contributed by atoms with van der Waals surface area (Å²) in [6.07, 6.45) is 2.06. The second-order valence-electron chi connectivity index (χ2n) is 6.40. The van der Waals surface area contributed by atoms with Crippen LogP contribution in [0.15, 0.2) is 12.1 Å². The Bertz CT molecular complexity index is 577. The number of anilines is 1. The summed E-state index contributed by atoms with van der Waals surface area (Å²) in [6, 6.07) is 2.52. The second-order valence-corrected chi connectivity index (χ2v) is 6.80. The molecule has 0 aromatic heterocycles. The zero-order valence-electron chi connectivity index (χ0n) is 14.4. The van der Waals surface area contributed by atoms with Crippen LogP contribution < -0.4 is 5.32 Å². The van der Waals surface area contributed by atoms with E-state index >= 15 is 0 Å². The van der Waals surface area contributed by atoms with Crippen LogP contribution >= 0.6 is 11.6 Å². The fraction of sp³-hybridized carbons (Fsp3) is 0.588. The van der Waals surface area contributed by atoms with Crippen LogP contribution in [0.2, 0.25) is 5.02 Å². The van der Waals surface area contributed by atoms with Gasteiger partial charge < -0.3 is 19.9 Å². The van der Waals surface area contributed by atoms with Crippen molar-refractivity contribution in [3.8, 4) is 0 Å². The molecular formula is C17H25ClFN3O2. The third-order valence-electron chi connectivity index (χ3n) is 4.04. The number of carbonyl (C=O) groups excluding carboxylic acids is 1. The van der Waals surface area contributed by atoms with Crippen molar-refractivity contribution in [3.05, 3.63) is 28.5 Å². The maximum atomic E-state index is 13.5. The molecule has 7 heteroatoms. The Kier molecular flexibility index (Phi) is 6.83. The average molecular weight is 358 g/mol. The van der Waals surface area contributed by atoms with Gasteiger partial charge in [0, 0.05) is 26.2 Å². The molecule has 0 saturated carbocycles. The lowest BCUT2D eigenvalue weighted by atomic mass is 10.2. The van der Waals surface area contributed by atoms with Crippen LogP contribution in [0.25, 0.3) is 0 Å². The standard InChI is InChI=1S/C17H25ClFN3O2/c1-12-9-16(14(18)10-15(12)19)20-17(23)22(7-6-21(2)3)11-13-5-4-8-24-13/h9-10,13H,4-8,11H2,1-3H3,(H,20,23)/t13-/m0/s1. The summed E-state index contributed by atoms with van der Waals surface area (Å²) in [5.41, 5.74) is 0.858. The molecule has 1 atom stereocenters. The third-order valence-corrected chi connectivity index (χ3v) is 4.35. The number of urea groups is 1. The van der Waals surface area contributed by atoms with Crippen molar-refractivity contribution in [3.63, 3.8) is 0 Å². The van der Waals surface area contributed by atoms with Crippen LogP contribution in [0.3, 0.4) is 0 Å². The number of benzene rings is 1. The zero-order valence-corrected chi connectivity index (χ0v) is 15.2. The van der Waals surface area contributed by atoms with Gasteiger partial charge in [-0.05, 0) is 51.6 Å². The van der Waals surface area contributed by atoms with Crippen molar-refractivity contribution in [2.24, 2.45) is 0 Å². The number of halogens is 2. The normalized spacial score (nSPS) is 17.3. The lowest BCUT2D eigenvalue weighted by molar-refractivity contribution is 0.0820. The Morgan fingerprint density at radius 3 is 2.79 bits per heavy atom. The number of likely N-dealkylation sites (N-methyl/N-ethyl adjacent to an activating group) is 1. The molecule has 1 fully saturated rings. The van der Waals surface area contributed by atoms with Crippen molar-refractivity contribution >= 4 is 23.3 Å². The first-order valence-electron chi connectivity index (χ1n) is 8.14. The topological polar surface area (TPSA) is 44.8 Å². The van der Waals surface area contributed by atoms with Crippen LogP contribution in [-0.4, -0.2) is 62.3 Å². The van der Waals surface area contributed by atoms with Gasteiger partial charge in [-0.3, -0.25) is 0 Å². The minimum atomic E-state index is -0.387. The lowest BCUT2D eigenvalue weighted by Gasteiger charge is -2.27. The van der Waals surface area contributed by atoms with Crippen LogP contribution in [-0.2, 0) is 4.74 Å². The van der Waals surface area contributed by atoms with E-state index in [9.17, 15) is 9.18 Å². The molecule has 2 amide bonds. The van der Waals surface area contributed by atoms with Gasteiger partial charge in [0.25, 0.3) is 0 Å². The van der Waals surface area contributed by atoms with Gasteiger partial charge in [-0.15, -0.1) is 0 Å². The number of hydrogen-bond donors (Lipinski definition) is 1. The highest BCUT2D eigenvalue weighted by Crippen LogP contribution is 2.25. The highest BCUT2D eigenvalue weighted by atomic mass is 35.5. The highest BCUT2D eigenvalue weighted by molar-refractivity contribution is 6.33. The number of amides is 2. The van der Waals surface area contributed by atoms with Gasteiger partial charge in [-0.1, -0.05) is 11.6 Å². The summed E-state index contributed by atoms with van der Waals surface area (Å²) >= 11 is 6.04. The van der Waals surface area contributed by atoms with Crippen LogP contribution in [0.5, 0.6) is 0 Å². The lowest BCUT2D eigenvalue weighted by Crippen LogP contribution is -2.43. The van der Waals surface area contributed by atoms with E-state index in [4.69, 9.17) is 16.3 Å². The predicted molar refractivity (Wildman–Crippen MR) is 94.3 cm³/mol. The molecule has 1 aliphatic heterocycles. The quantitative estimate of drug-likeness (QED) is 0.849. The van der Waals surface area contributed by atoms with Crippen molar-refractivity contribution in [2.75, 3.05) is 45.7 Å². The predicted octanol–water partition coefficient (Wildman–Crippen LogP) is 3.36. The van der Waals surface area contributed by atoms with Gasteiger partial charge in [0.05, 0.1) is 16.8 Å². The number of carbonyl (C=O) groups is 1. The van der Waals surface area contributed by atoms with Gasteiger partial charge in [-0.2, -0.15) is 0 Å². The maximum absolute atomic E-state index is 13.5. The number of nitrogens with one attached hydrogen (secondary N) is 1. The van der Waals surface area contributed by atoms with Crippen molar-refractivity contribution in [1.29, 1.82) is 0 Å². The van der Waals surface area contributed by atoms with Crippen molar-refractivity contribution < 1.29 is 13.9 Å². The number of rotatable bonds is 6. The second kappa shape index (κ2) is 8.65. The van der Waals surface area contributed by atoms with E-state index < -0.39 is 0 Å². The van der Waals surface area contributed by atoms with Crippen LogP contribution in [0, 0.1) is 12.7 Å². The van der Waals surface area contributed by atoms with E-state index in [-0.39, 0.29) is 23.0 Å². The van der Waals surface area contributed by atoms with E-state index in [0.717, 1.165) is 26.0 Å². The summed E-state index contributed by atoms with van der Waals surface area (Å²) < 4.78 is 19.1. The van der Waals surface area contributed by atoms with Gasteiger partial charge in [-0.25, -0.2) is 9.18 Å². The number of ether oxygens (including phenoxy) is 1. The molecule has 0 radical (unpaired) electrons. The molecule has 5 nitrogen and oxygen atoms in total. The van der Waals surface area contributed by atoms with Gasteiger partial charge in [0.1, 0.15) is 5.82 Å². The Morgan fingerprint density at radius 1 is 1.42 bits per heavy atom. The average Bonchev–Trinajstić information content (AvgIpc) is 3.01. The van der Waals surface area contributed by atoms with Crippen molar-refractivity contribution in [1.82, 2.24) is 9.80 Å². The minimum absolute atomic E-state index is 0.0725. The molecule has 24 heavy (non-hydrogen) atoms. The zero-order chi connectivity index (χ0) is 17.7. The first kappa shape index (κ1) is 19.0. The molecule has 1 N–H and O–H groups in total. The van der Waals surface area contributed by atoms with Crippen LogP contribution in [0.1, 0.15) is 18.4 Å². The van der Waals surface area contributed by atoms with E-state index in [1.807, 2.05) is 19.0 Å². The van der Waals surface area contributed by atoms with E-state index in [1.165, 1.54) is 6.07 Å². The molecule has 134 valence electrons. The molecule has 0 aliphatic carbocycles. The largest absolute Gasteiger partial charge is 0.376 e. The highest BCUT2D eigenvalue weighted by Gasteiger charge is 2.23. The van der Waals surface area contributed by atoms with E-state index in [1.54, 1.807) is 17.9 Å². The maximum Gasteiger partial charge on any atom is 0.322 e. The Morgan fingerprint density at radius 2 is 2.17 bits per heavy atom. The van der Waals surface area contributed by atoms with E-state index in [0.29, 0.717) is 24.3 Å². The molecule has 2 rings (SSSR count). The smallest absolute Gasteiger partial charge is 0.322 e. The molecule has 0 bridgehead atoms. The molecule has 1 heterocycles. The molecule has 0 spiro atoms. The molecule has 1 aromatic carbocycles. The number of nitrogens with zero attached hydrogens (tertiary/aromatic N) is 2. The number of aryl methyl sites for hydroxylation is 1. The summed E-state index contributed by atoms with van der Waals surface area (Å²) in [6.45, 7) is 4.25. The minimum Gasteiger partial charge on any atom is -0.376 e. The van der Waals surface area contributed by atoms with Crippen LogP contribution in [0.4, 0.5) is 14.9 Å². The number of hydrogen-bond acceptors (Lipinski definition) is 3.